The lowest BCUT2D eigenvalue weighted by Gasteiger charge is -2.21. The number of H-pyrrole nitrogens is 1. The summed E-state index contributed by atoms with van der Waals surface area (Å²) in [6, 6.07) is 5.89. The molecule has 2 N–H and O–H groups in total. The van der Waals surface area contributed by atoms with Crippen molar-refractivity contribution in [3.63, 3.8) is 0 Å². The number of rotatable bonds is 7. The Morgan fingerprint density at radius 1 is 1.18 bits per heavy atom. The van der Waals surface area contributed by atoms with Gasteiger partial charge in [0.1, 0.15) is 5.82 Å². The van der Waals surface area contributed by atoms with Crippen molar-refractivity contribution in [1.29, 1.82) is 0 Å². The molecule has 0 amide bonds. The lowest BCUT2D eigenvalue weighted by molar-refractivity contribution is 0.1000. The van der Waals surface area contributed by atoms with Gasteiger partial charge in [-0.05, 0) is 43.4 Å². The van der Waals surface area contributed by atoms with Gasteiger partial charge < -0.3 is 15.0 Å². The van der Waals surface area contributed by atoms with Crippen LogP contribution in [0.25, 0.3) is 10.9 Å². The third kappa shape index (κ3) is 5.51. The number of aromatic nitrogens is 2. The Morgan fingerprint density at radius 2 is 1.96 bits per heavy atom. The highest BCUT2D eigenvalue weighted by molar-refractivity contribution is 7.99. The molecule has 2 aliphatic rings. The Morgan fingerprint density at radius 3 is 2.75 bits per heavy atom. The molecule has 28 heavy (non-hydrogen) atoms. The highest BCUT2D eigenvalue weighted by Gasteiger charge is 2.16. The summed E-state index contributed by atoms with van der Waals surface area (Å²) in [6.45, 7) is 2.68. The first-order chi connectivity index (χ1) is 13.3. The van der Waals surface area contributed by atoms with Crippen LogP contribution < -0.4 is 10.9 Å². The molecule has 0 bridgehead atoms. The van der Waals surface area contributed by atoms with E-state index in [0.29, 0.717) is 10.6 Å². The quantitative estimate of drug-likeness (QED) is 0.684. The highest BCUT2D eigenvalue weighted by Crippen LogP contribution is 2.28. The van der Waals surface area contributed by atoms with Crippen molar-refractivity contribution in [2.45, 2.75) is 63.4 Å². The van der Waals surface area contributed by atoms with Crippen LogP contribution in [-0.4, -0.2) is 35.0 Å². The van der Waals surface area contributed by atoms with Gasteiger partial charge >= 0.3 is 0 Å². The number of thioether (sulfide) groups is 1. The molecule has 0 radical (unpaired) electrons. The van der Waals surface area contributed by atoms with E-state index in [9.17, 15) is 4.79 Å². The summed E-state index contributed by atoms with van der Waals surface area (Å²) >= 11 is 1.87. The molecule has 5 nitrogen and oxygen atoms in total. The standard InChI is InChI=1S/C21H29N3O2S.CH4/c25-21-18-6-5-16(22-10-7-15-3-1-2-4-15)13-19(18)23-20(24-21)14-27-17-8-11-26-12-9-17;/h5-6,13,15,17,22H,1-4,7-12,14H2,(H,23,24,25);1H4. The van der Waals surface area contributed by atoms with Crippen LogP contribution in [0.4, 0.5) is 5.69 Å². The van der Waals surface area contributed by atoms with Crippen molar-refractivity contribution in [3.8, 4) is 0 Å². The Labute approximate surface area is 172 Å². The minimum atomic E-state index is -0.0416. The van der Waals surface area contributed by atoms with Crippen molar-refractivity contribution in [3.05, 3.63) is 34.4 Å². The fraction of sp³-hybridized carbons (Fsp3) is 0.636. The normalized spacial score (nSPS) is 18.3. The molecule has 1 aliphatic carbocycles. The number of fused-ring (bicyclic) bond motifs is 1. The average molecular weight is 404 g/mol. The van der Waals surface area contributed by atoms with Gasteiger partial charge in [-0.15, -0.1) is 0 Å². The number of nitrogens with one attached hydrogen (secondary N) is 2. The lowest BCUT2D eigenvalue weighted by atomic mass is 10.0. The zero-order valence-electron chi connectivity index (χ0n) is 15.8. The van der Waals surface area contributed by atoms with Crippen molar-refractivity contribution in [2.24, 2.45) is 5.92 Å². The maximum Gasteiger partial charge on any atom is 0.258 e. The molecule has 0 unspecified atom stereocenters. The molecule has 2 aromatic rings. The first kappa shape index (κ1) is 21.2. The van der Waals surface area contributed by atoms with Crippen LogP contribution in [0.3, 0.4) is 0 Å². The van der Waals surface area contributed by atoms with E-state index < -0.39 is 0 Å². The molecule has 0 spiro atoms. The van der Waals surface area contributed by atoms with Crippen molar-refractivity contribution < 1.29 is 4.74 Å². The van der Waals surface area contributed by atoms with E-state index in [4.69, 9.17) is 9.72 Å². The number of hydrogen-bond donors (Lipinski definition) is 2. The Balaban J connectivity index is 0.00000225. The predicted octanol–water partition coefficient (Wildman–Crippen LogP) is 4.96. The fourth-order valence-electron chi connectivity index (χ4n) is 4.13. The van der Waals surface area contributed by atoms with E-state index in [1.54, 1.807) is 0 Å². The molecule has 4 rings (SSSR count). The van der Waals surface area contributed by atoms with Gasteiger partial charge in [-0.3, -0.25) is 4.79 Å². The van der Waals surface area contributed by atoms with Crippen LogP contribution in [0.5, 0.6) is 0 Å². The molecule has 2 fully saturated rings. The number of nitrogens with zero attached hydrogens (tertiary/aromatic N) is 1. The van der Waals surface area contributed by atoms with Crippen molar-refractivity contribution in [2.75, 3.05) is 25.1 Å². The molecular weight excluding hydrogens is 370 g/mol. The molecule has 1 aromatic heterocycles. The van der Waals surface area contributed by atoms with Gasteiger partial charge in [0.15, 0.2) is 0 Å². The Kier molecular flexibility index (Phi) is 7.80. The van der Waals surface area contributed by atoms with Gasteiger partial charge in [0.05, 0.1) is 16.7 Å². The number of aromatic amines is 1. The summed E-state index contributed by atoms with van der Waals surface area (Å²) in [6.07, 6.45) is 8.93. The molecule has 1 saturated heterocycles. The molecule has 1 aliphatic heterocycles. The second-order valence-electron chi connectivity index (χ2n) is 7.73. The summed E-state index contributed by atoms with van der Waals surface area (Å²) in [7, 11) is 0. The van der Waals surface area contributed by atoms with E-state index in [0.717, 1.165) is 61.3 Å². The maximum absolute atomic E-state index is 12.4. The van der Waals surface area contributed by atoms with Gasteiger partial charge in [-0.2, -0.15) is 11.8 Å². The second-order valence-corrected chi connectivity index (χ2v) is 9.02. The number of benzene rings is 1. The van der Waals surface area contributed by atoms with Crippen LogP contribution >= 0.6 is 11.8 Å². The molecule has 2 heterocycles. The summed E-state index contributed by atoms with van der Waals surface area (Å²) < 4.78 is 5.41. The molecule has 0 atom stereocenters. The number of ether oxygens (including phenoxy) is 1. The topological polar surface area (TPSA) is 67.0 Å². The Bertz CT molecular complexity index is 811. The minimum absolute atomic E-state index is 0. The summed E-state index contributed by atoms with van der Waals surface area (Å²) in [4.78, 5) is 20.1. The first-order valence-corrected chi connectivity index (χ1v) is 11.3. The zero-order valence-corrected chi connectivity index (χ0v) is 16.7. The third-order valence-corrected chi connectivity index (χ3v) is 7.12. The summed E-state index contributed by atoms with van der Waals surface area (Å²) in [5.41, 5.74) is 1.80. The molecule has 6 heteroatoms. The van der Waals surface area contributed by atoms with Crippen molar-refractivity contribution in [1.82, 2.24) is 9.97 Å². The Hall–Kier alpha value is -1.53. The predicted molar refractivity (Wildman–Crippen MR) is 119 cm³/mol. The van der Waals surface area contributed by atoms with E-state index in [-0.39, 0.29) is 13.0 Å². The van der Waals surface area contributed by atoms with Crippen LogP contribution in [0.2, 0.25) is 0 Å². The number of anilines is 1. The maximum atomic E-state index is 12.4. The van der Waals surface area contributed by atoms with E-state index in [2.05, 4.69) is 10.3 Å². The average Bonchev–Trinajstić information content (AvgIpc) is 3.20. The molecular formula is C22H33N3O2S. The van der Waals surface area contributed by atoms with Crippen LogP contribution in [0.1, 0.15) is 58.2 Å². The highest BCUT2D eigenvalue weighted by atomic mass is 32.2. The fourth-order valence-corrected chi connectivity index (χ4v) is 5.18. The SMILES string of the molecule is C.O=c1[nH]c(CSC2CCOCC2)nc2cc(NCCC3CCCC3)ccc12. The van der Waals surface area contributed by atoms with Crippen LogP contribution in [0.15, 0.2) is 23.0 Å². The molecule has 154 valence electrons. The van der Waals surface area contributed by atoms with E-state index in [1.165, 1.54) is 32.1 Å². The van der Waals surface area contributed by atoms with Crippen LogP contribution in [-0.2, 0) is 10.5 Å². The minimum Gasteiger partial charge on any atom is -0.385 e. The zero-order chi connectivity index (χ0) is 18.5. The third-order valence-electron chi connectivity index (χ3n) is 5.74. The molecule has 1 saturated carbocycles. The van der Waals surface area contributed by atoms with Gasteiger partial charge in [0.2, 0.25) is 0 Å². The monoisotopic (exact) mass is 403 g/mol. The van der Waals surface area contributed by atoms with Crippen LogP contribution in [0, 0.1) is 5.92 Å². The van der Waals surface area contributed by atoms with E-state index >= 15 is 0 Å². The summed E-state index contributed by atoms with van der Waals surface area (Å²) in [5, 5.41) is 4.78. The summed E-state index contributed by atoms with van der Waals surface area (Å²) in [5.74, 6) is 2.40. The lowest BCUT2D eigenvalue weighted by Crippen LogP contribution is -2.18. The van der Waals surface area contributed by atoms with Gasteiger partial charge in [0.25, 0.3) is 5.56 Å². The molecule has 1 aromatic carbocycles. The largest absolute Gasteiger partial charge is 0.385 e. The second kappa shape index (κ2) is 10.3. The van der Waals surface area contributed by atoms with Gasteiger partial charge in [-0.1, -0.05) is 33.1 Å². The van der Waals surface area contributed by atoms with Gasteiger partial charge in [0, 0.05) is 30.7 Å². The number of hydrogen-bond acceptors (Lipinski definition) is 5. The van der Waals surface area contributed by atoms with Gasteiger partial charge in [-0.25, -0.2) is 4.98 Å². The smallest absolute Gasteiger partial charge is 0.258 e. The first-order valence-electron chi connectivity index (χ1n) is 10.2. The van der Waals surface area contributed by atoms with E-state index in [1.807, 2.05) is 30.0 Å². The van der Waals surface area contributed by atoms with Crippen molar-refractivity contribution >= 4 is 28.4 Å².